The Morgan fingerprint density at radius 1 is 1.21 bits per heavy atom. The Bertz CT molecular complexity index is 482. The van der Waals surface area contributed by atoms with Gasteiger partial charge in [0.1, 0.15) is 36.6 Å². The number of aliphatic hydroxyl groups is 6. The Kier molecular flexibility index (Phi) is 7.87. The largest absolute Gasteiger partial charge is 1.00 e. The van der Waals surface area contributed by atoms with E-state index in [-0.39, 0.29) is 29.6 Å². The molecule has 7 atom stereocenters. The predicted molar refractivity (Wildman–Crippen MR) is 65.3 cm³/mol. The fraction of sp³-hybridized carbons (Fsp3) is 0.750. The topological polar surface area (TPSA) is 189 Å². The number of carbonyl (C=O) groups excluding carboxylic acids is 1. The van der Waals surface area contributed by atoms with Gasteiger partial charge in [0.05, 0.1) is 13.2 Å². The van der Waals surface area contributed by atoms with Crippen LogP contribution in [0.1, 0.15) is 0 Å². The molecule has 1 saturated heterocycles. The minimum atomic E-state index is -1.68. The van der Waals surface area contributed by atoms with E-state index < -0.39 is 73.6 Å². The van der Waals surface area contributed by atoms with Gasteiger partial charge >= 0.3 is 35.5 Å². The fourth-order valence-corrected chi connectivity index (χ4v) is 2.20. The molecule has 24 heavy (non-hydrogen) atoms. The van der Waals surface area contributed by atoms with Gasteiger partial charge in [-0.2, -0.15) is 0 Å². The van der Waals surface area contributed by atoms with Gasteiger partial charge in [-0.15, -0.1) is 0 Å². The maximum absolute atomic E-state index is 11.4. The zero-order valence-corrected chi connectivity index (χ0v) is 14.7. The van der Waals surface area contributed by atoms with Crippen molar-refractivity contribution in [3.63, 3.8) is 0 Å². The summed E-state index contributed by atoms with van der Waals surface area (Å²) in [6.07, 6.45) is -10.9. The molecule has 0 unspecified atom stereocenters. The Labute approximate surface area is 158 Å². The molecule has 2 aliphatic heterocycles. The molecule has 0 radical (unpaired) electrons. The van der Waals surface area contributed by atoms with Crippen LogP contribution in [0.5, 0.6) is 0 Å². The quantitative estimate of drug-likeness (QED) is 0.202. The van der Waals surface area contributed by atoms with Crippen molar-refractivity contribution in [2.75, 3.05) is 13.2 Å². The summed E-state index contributed by atoms with van der Waals surface area (Å²) in [6, 6.07) is 0. The number of esters is 1. The van der Waals surface area contributed by atoms with Crippen LogP contribution in [0.2, 0.25) is 0 Å². The van der Waals surface area contributed by atoms with Gasteiger partial charge in [0.2, 0.25) is 0 Å². The molecule has 0 amide bonds. The van der Waals surface area contributed by atoms with Gasteiger partial charge in [0.15, 0.2) is 12.0 Å². The third-order valence-corrected chi connectivity index (χ3v) is 3.55. The molecular formula is C12H17NaO11. The van der Waals surface area contributed by atoms with Gasteiger partial charge < -0.3 is 50.0 Å². The summed E-state index contributed by atoms with van der Waals surface area (Å²) in [5.74, 6) is -3.52. The molecule has 2 rings (SSSR count). The summed E-state index contributed by atoms with van der Waals surface area (Å²) in [5.41, 5.74) is 0. The van der Waals surface area contributed by atoms with Gasteiger partial charge in [0.25, 0.3) is 0 Å². The maximum Gasteiger partial charge on any atom is 1.00 e. The Morgan fingerprint density at radius 2 is 1.83 bits per heavy atom. The van der Waals surface area contributed by atoms with Crippen molar-refractivity contribution in [1.82, 2.24) is 0 Å². The summed E-state index contributed by atoms with van der Waals surface area (Å²) in [6.45, 7) is -1.31. The summed E-state index contributed by atoms with van der Waals surface area (Å²) >= 11 is 0. The normalized spacial score (nSPS) is 37.8. The third kappa shape index (κ3) is 4.19. The van der Waals surface area contributed by atoms with Crippen molar-refractivity contribution in [3.05, 3.63) is 11.5 Å². The zero-order chi connectivity index (χ0) is 17.3. The number of cyclic esters (lactones) is 1. The summed E-state index contributed by atoms with van der Waals surface area (Å²) < 4.78 is 14.5. The zero-order valence-electron chi connectivity index (χ0n) is 12.7. The van der Waals surface area contributed by atoms with E-state index >= 15 is 0 Å². The smallest absolute Gasteiger partial charge is 0.870 e. The average molecular weight is 360 g/mol. The molecule has 0 aromatic heterocycles. The molecular weight excluding hydrogens is 343 g/mol. The minimum Gasteiger partial charge on any atom is -0.870 e. The average Bonchev–Trinajstić information content (AvgIpc) is 2.79. The van der Waals surface area contributed by atoms with E-state index in [4.69, 9.17) is 19.7 Å². The fourth-order valence-electron chi connectivity index (χ4n) is 2.20. The molecule has 0 bridgehead atoms. The van der Waals surface area contributed by atoms with Crippen LogP contribution in [0.4, 0.5) is 0 Å². The Hall–Kier alpha value is -0.470. The van der Waals surface area contributed by atoms with E-state index in [9.17, 15) is 30.3 Å². The number of rotatable bonds is 5. The molecule has 6 N–H and O–H groups in total. The van der Waals surface area contributed by atoms with E-state index in [0.717, 1.165) is 0 Å². The maximum atomic E-state index is 11.4. The summed E-state index contributed by atoms with van der Waals surface area (Å²) in [4.78, 5) is 11.0. The van der Waals surface area contributed by atoms with E-state index in [1.165, 1.54) is 0 Å². The standard InChI is InChI=1S/C12H18O11.Na/c13-1-4-5(15)6(16)9(19)12(22-4)21-2-3(14)10-7(17)8(18)11(20)23-10;/h3-6,9-10,12-19H,1-2H2;/q;+1/p-1/t3-,4+,5-,6-,9+,10+,12+;/m0./s1. The van der Waals surface area contributed by atoms with Crippen molar-refractivity contribution >= 4 is 5.97 Å². The van der Waals surface area contributed by atoms with Crippen molar-refractivity contribution in [2.24, 2.45) is 0 Å². The van der Waals surface area contributed by atoms with Gasteiger partial charge in [-0.25, -0.2) is 4.79 Å². The van der Waals surface area contributed by atoms with E-state index in [1.54, 1.807) is 0 Å². The van der Waals surface area contributed by atoms with Crippen LogP contribution in [0.3, 0.4) is 0 Å². The van der Waals surface area contributed by atoms with Gasteiger partial charge in [-0.3, -0.25) is 0 Å². The first-order valence-corrected chi connectivity index (χ1v) is 6.69. The number of hydrogen-bond donors (Lipinski definition) is 6. The summed E-state index contributed by atoms with van der Waals surface area (Å²) in [7, 11) is 0. The molecule has 12 heteroatoms. The van der Waals surface area contributed by atoms with Crippen molar-refractivity contribution < 1.29 is 84.3 Å². The first-order valence-electron chi connectivity index (χ1n) is 6.69. The molecule has 1 fully saturated rings. The predicted octanol–water partition coefficient (Wildman–Crippen LogP) is -7.78. The molecule has 132 valence electrons. The van der Waals surface area contributed by atoms with Crippen molar-refractivity contribution in [3.8, 4) is 0 Å². The Morgan fingerprint density at radius 3 is 2.33 bits per heavy atom. The van der Waals surface area contributed by atoms with Crippen LogP contribution in [-0.2, 0) is 19.0 Å². The third-order valence-electron chi connectivity index (χ3n) is 3.55. The van der Waals surface area contributed by atoms with Crippen LogP contribution in [0.25, 0.3) is 0 Å². The first kappa shape index (κ1) is 21.6. The van der Waals surface area contributed by atoms with Crippen molar-refractivity contribution in [1.29, 1.82) is 0 Å². The molecule has 0 spiro atoms. The second-order valence-electron chi connectivity index (χ2n) is 5.14. The van der Waals surface area contributed by atoms with Crippen LogP contribution < -0.4 is 34.7 Å². The molecule has 0 aliphatic carbocycles. The number of hydrogen-bond acceptors (Lipinski definition) is 11. The van der Waals surface area contributed by atoms with Gasteiger partial charge in [-0.05, 0) is 5.76 Å². The number of carbonyl (C=O) groups is 1. The van der Waals surface area contributed by atoms with Crippen LogP contribution >= 0.6 is 0 Å². The van der Waals surface area contributed by atoms with Crippen LogP contribution in [-0.4, -0.2) is 92.7 Å². The first-order chi connectivity index (χ1) is 10.8. The molecule has 0 saturated carbocycles. The van der Waals surface area contributed by atoms with E-state index in [1.807, 2.05) is 0 Å². The van der Waals surface area contributed by atoms with E-state index in [2.05, 4.69) is 4.74 Å². The molecule has 2 heterocycles. The monoisotopic (exact) mass is 360 g/mol. The van der Waals surface area contributed by atoms with E-state index in [0.29, 0.717) is 0 Å². The van der Waals surface area contributed by atoms with Crippen LogP contribution in [0, 0.1) is 0 Å². The summed E-state index contributed by atoms with van der Waals surface area (Å²) in [5, 5.41) is 68.1. The number of ether oxygens (including phenoxy) is 3. The molecule has 0 aromatic rings. The number of aliphatic hydroxyl groups excluding tert-OH is 6. The second kappa shape index (κ2) is 8.76. The van der Waals surface area contributed by atoms with Crippen molar-refractivity contribution in [2.45, 2.75) is 42.9 Å². The van der Waals surface area contributed by atoms with Gasteiger partial charge in [-0.1, -0.05) is 0 Å². The van der Waals surface area contributed by atoms with Gasteiger partial charge in [0, 0.05) is 0 Å². The Balaban J connectivity index is 0.00000288. The molecule has 2 aliphatic rings. The molecule has 11 nitrogen and oxygen atoms in total. The molecule has 0 aromatic carbocycles. The SMILES string of the molecule is O=C1O[C@H]([C@@H](O)CO[C@@H]2O[C@H](CO)[C@H](O)[C@H](O)[C@H]2O)C([O-])=C1O.[Na+]. The second-order valence-corrected chi connectivity index (χ2v) is 5.14. The van der Waals surface area contributed by atoms with Crippen LogP contribution in [0.15, 0.2) is 11.5 Å². The minimum absolute atomic E-state index is 0.